The minimum atomic E-state index is -1.15. The molecule has 4 atom stereocenters. The van der Waals surface area contributed by atoms with E-state index < -0.39 is 42.0 Å². The summed E-state index contributed by atoms with van der Waals surface area (Å²) in [7, 11) is 0. The number of benzene rings is 1. The third kappa shape index (κ3) is 7.73. The Hall–Kier alpha value is -2.59. The highest BCUT2D eigenvalue weighted by molar-refractivity contribution is 7.98. The van der Waals surface area contributed by atoms with Crippen LogP contribution in [0, 0.1) is 5.92 Å². The molecule has 0 spiro atoms. The first-order chi connectivity index (χ1) is 16.1. The minimum Gasteiger partial charge on any atom is -0.480 e. The molecular formula is C24H36N4O5S. The molecule has 10 heteroatoms. The fraction of sp³-hybridized carbons (Fsp3) is 0.583. The molecule has 0 saturated carbocycles. The van der Waals surface area contributed by atoms with Gasteiger partial charge in [0, 0.05) is 13.0 Å². The fourth-order valence-corrected chi connectivity index (χ4v) is 4.35. The third-order valence-corrected chi connectivity index (χ3v) is 6.63. The van der Waals surface area contributed by atoms with Gasteiger partial charge in [0.25, 0.3) is 0 Å². The Morgan fingerprint density at radius 3 is 2.41 bits per heavy atom. The molecule has 1 aromatic rings. The zero-order valence-corrected chi connectivity index (χ0v) is 20.8. The molecule has 34 heavy (non-hydrogen) atoms. The Bertz CT molecular complexity index is 851. The standard InChI is InChI=1S/C24H36N4O5S/c1-15(2)20(25)23(31)28-12-7-10-19(28)22(30)26-17(11-13-34-3)21(29)27-18(24(32)33)14-16-8-5-4-6-9-16/h4-6,8-9,15,17-20H,7,10-14,25H2,1-3H3,(H,26,30)(H,27,29)(H,32,33). The van der Waals surface area contributed by atoms with Gasteiger partial charge in [-0.05, 0) is 42.8 Å². The number of carbonyl (C=O) groups excluding carboxylic acids is 3. The van der Waals surface area contributed by atoms with Crippen LogP contribution in [0.25, 0.3) is 0 Å². The van der Waals surface area contributed by atoms with Gasteiger partial charge >= 0.3 is 5.97 Å². The van der Waals surface area contributed by atoms with Gasteiger partial charge in [-0.2, -0.15) is 11.8 Å². The van der Waals surface area contributed by atoms with Gasteiger partial charge < -0.3 is 26.4 Å². The number of amides is 3. The molecule has 3 amide bonds. The van der Waals surface area contributed by atoms with Crippen LogP contribution in [-0.2, 0) is 25.6 Å². The Kier molecular flexibility index (Phi) is 10.8. The van der Waals surface area contributed by atoms with Gasteiger partial charge in [0.05, 0.1) is 6.04 Å². The van der Waals surface area contributed by atoms with Gasteiger partial charge in [-0.25, -0.2) is 4.79 Å². The smallest absolute Gasteiger partial charge is 0.326 e. The van der Waals surface area contributed by atoms with Crippen molar-refractivity contribution in [2.75, 3.05) is 18.6 Å². The topological polar surface area (TPSA) is 142 Å². The molecule has 1 saturated heterocycles. The van der Waals surface area contributed by atoms with E-state index in [0.717, 1.165) is 5.56 Å². The molecule has 1 aromatic carbocycles. The van der Waals surface area contributed by atoms with Crippen LogP contribution in [0.2, 0.25) is 0 Å². The van der Waals surface area contributed by atoms with E-state index in [1.54, 1.807) is 24.3 Å². The Labute approximate surface area is 205 Å². The van der Waals surface area contributed by atoms with Crippen molar-refractivity contribution in [2.24, 2.45) is 11.7 Å². The molecule has 1 fully saturated rings. The Balaban J connectivity index is 2.09. The number of rotatable bonds is 12. The number of carboxylic acid groups (broad SMARTS) is 1. The van der Waals surface area contributed by atoms with E-state index in [-0.39, 0.29) is 18.2 Å². The van der Waals surface area contributed by atoms with Crippen molar-refractivity contribution in [1.82, 2.24) is 15.5 Å². The number of hydrogen-bond acceptors (Lipinski definition) is 6. The maximum absolute atomic E-state index is 13.1. The molecule has 0 bridgehead atoms. The summed E-state index contributed by atoms with van der Waals surface area (Å²) in [5.74, 6) is -1.86. The average Bonchev–Trinajstić information content (AvgIpc) is 3.30. The monoisotopic (exact) mass is 492 g/mol. The quantitative estimate of drug-likeness (QED) is 0.341. The lowest BCUT2D eigenvalue weighted by atomic mass is 10.0. The van der Waals surface area contributed by atoms with E-state index in [4.69, 9.17) is 5.73 Å². The van der Waals surface area contributed by atoms with Gasteiger partial charge in [-0.1, -0.05) is 44.2 Å². The van der Waals surface area contributed by atoms with Crippen molar-refractivity contribution < 1.29 is 24.3 Å². The van der Waals surface area contributed by atoms with Crippen LogP contribution in [0.4, 0.5) is 0 Å². The summed E-state index contributed by atoms with van der Waals surface area (Å²) in [5.41, 5.74) is 6.80. The molecule has 188 valence electrons. The zero-order valence-electron chi connectivity index (χ0n) is 20.0. The van der Waals surface area contributed by atoms with Gasteiger partial charge in [-0.15, -0.1) is 0 Å². The largest absolute Gasteiger partial charge is 0.480 e. The van der Waals surface area contributed by atoms with E-state index in [2.05, 4.69) is 10.6 Å². The van der Waals surface area contributed by atoms with E-state index >= 15 is 0 Å². The summed E-state index contributed by atoms with van der Waals surface area (Å²) in [4.78, 5) is 52.2. The molecule has 1 aliphatic heterocycles. The Morgan fingerprint density at radius 1 is 1.15 bits per heavy atom. The highest BCUT2D eigenvalue weighted by Crippen LogP contribution is 2.20. The number of carboxylic acids is 1. The van der Waals surface area contributed by atoms with Gasteiger partial charge in [-0.3, -0.25) is 14.4 Å². The van der Waals surface area contributed by atoms with E-state index in [0.29, 0.717) is 31.6 Å². The molecule has 9 nitrogen and oxygen atoms in total. The molecule has 0 aliphatic carbocycles. The first-order valence-electron chi connectivity index (χ1n) is 11.6. The lowest BCUT2D eigenvalue weighted by Gasteiger charge is -2.29. The second kappa shape index (κ2) is 13.3. The summed E-state index contributed by atoms with van der Waals surface area (Å²) in [6, 6.07) is 5.60. The maximum Gasteiger partial charge on any atom is 0.326 e. The van der Waals surface area contributed by atoms with Crippen molar-refractivity contribution in [3.63, 3.8) is 0 Å². The number of nitrogens with one attached hydrogen (secondary N) is 2. The number of thioether (sulfide) groups is 1. The second-order valence-electron chi connectivity index (χ2n) is 8.89. The van der Waals surface area contributed by atoms with Crippen molar-refractivity contribution in [1.29, 1.82) is 0 Å². The summed E-state index contributed by atoms with van der Waals surface area (Å²) in [5, 5.41) is 15.0. The van der Waals surface area contributed by atoms with Crippen molar-refractivity contribution in [2.45, 2.75) is 63.7 Å². The summed E-state index contributed by atoms with van der Waals surface area (Å²) >= 11 is 1.52. The molecule has 1 heterocycles. The average molecular weight is 493 g/mol. The SMILES string of the molecule is CSCCC(NC(=O)C1CCCN1C(=O)C(N)C(C)C)C(=O)NC(Cc1ccccc1)C(=O)O. The third-order valence-electron chi connectivity index (χ3n) is 5.98. The Morgan fingerprint density at radius 2 is 1.82 bits per heavy atom. The first kappa shape index (κ1) is 27.7. The molecule has 0 aromatic heterocycles. The minimum absolute atomic E-state index is 0.0607. The van der Waals surface area contributed by atoms with Gasteiger partial charge in [0.15, 0.2) is 0 Å². The van der Waals surface area contributed by atoms with Crippen LogP contribution in [0.1, 0.15) is 38.7 Å². The molecule has 1 aliphatic rings. The predicted molar refractivity (Wildman–Crippen MR) is 132 cm³/mol. The predicted octanol–water partition coefficient (Wildman–Crippen LogP) is 1.01. The van der Waals surface area contributed by atoms with Crippen LogP contribution in [0.5, 0.6) is 0 Å². The molecule has 4 unspecified atom stereocenters. The van der Waals surface area contributed by atoms with E-state index in [1.807, 2.05) is 26.2 Å². The summed E-state index contributed by atoms with van der Waals surface area (Å²) in [6.45, 7) is 4.15. The van der Waals surface area contributed by atoms with E-state index in [1.165, 1.54) is 16.7 Å². The lowest BCUT2D eigenvalue weighted by Crippen LogP contribution is -2.57. The number of likely N-dealkylation sites (tertiary alicyclic amines) is 1. The highest BCUT2D eigenvalue weighted by Gasteiger charge is 2.38. The van der Waals surface area contributed by atoms with Gasteiger partial charge in [0.2, 0.25) is 17.7 Å². The molecule has 5 N–H and O–H groups in total. The van der Waals surface area contributed by atoms with Crippen LogP contribution in [0.15, 0.2) is 30.3 Å². The number of nitrogens with zero attached hydrogens (tertiary/aromatic N) is 1. The van der Waals surface area contributed by atoms with Crippen molar-refractivity contribution in [3.8, 4) is 0 Å². The number of hydrogen-bond donors (Lipinski definition) is 4. The van der Waals surface area contributed by atoms with E-state index in [9.17, 15) is 24.3 Å². The van der Waals surface area contributed by atoms with Crippen LogP contribution >= 0.6 is 11.8 Å². The molecule has 0 radical (unpaired) electrons. The van der Waals surface area contributed by atoms with Crippen molar-refractivity contribution >= 4 is 35.5 Å². The van der Waals surface area contributed by atoms with Crippen LogP contribution < -0.4 is 16.4 Å². The second-order valence-corrected chi connectivity index (χ2v) is 9.88. The summed E-state index contributed by atoms with van der Waals surface area (Å²) in [6.07, 6.45) is 3.52. The first-order valence-corrected chi connectivity index (χ1v) is 13.0. The number of nitrogens with two attached hydrogens (primary N) is 1. The van der Waals surface area contributed by atoms with Crippen LogP contribution in [-0.4, -0.2) is 76.4 Å². The lowest BCUT2D eigenvalue weighted by molar-refractivity contribution is -0.143. The normalized spacial score (nSPS) is 18.3. The fourth-order valence-electron chi connectivity index (χ4n) is 3.87. The number of carbonyl (C=O) groups is 4. The van der Waals surface area contributed by atoms with Gasteiger partial charge in [0.1, 0.15) is 18.1 Å². The maximum atomic E-state index is 13.1. The number of aliphatic carboxylic acids is 1. The zero-order chi connectivity index (χ0) is 25.3. The molecule has 2 rings (SSSR count). The molecular weight excluding hydrogens is 456 g/mol. The van der Waals surface area contributed by atoms with Crippen molar-refractivity contribution in [3.05, 3.63) is 35.9 Å². The summed E-state index contributed by atoms with van der Waals surface area (Å²) < 4.78 is 0. The van der Waals surface area contributed by atoms with Crippen LogP contribution in [0.3, 0.4) is 0 Å². The highest BCUT2D eigenvalue weighted by atomic mass is 32.2.